The van der Waals surface area contributed by atoms with Gasteiger partial charge in [-0.15, -0.1) is 20.4 Å². The monoisotopic (exact) mass is 441 g/mol. The minimum Gasteiger partial charge on any atom is -0.425 e. The molecule has 1 aromatic carbocycles. The van der Waals surface area contributed by atoms with Crippen LogP contribution in [0.5, 0.6) is 0 Å². The number of amides is 1. The van der Waals surface area contributed by atoms with Crippen LogP contribution in [0, 0.1) is 13.8 Å². The van der Waals surface area contributed by atoms with Crippen molar-refractivity contribution in [2.75, 3.05) is 6.54 Å². The fraction of sp³-hybridized carbons (Fsp3) is 0.429. The number of hydrogen-bond donors (Lipinski definition) is 0. The van der Waals surface area contributed by atoms with Gasteiger partial charge in [0.2, 0.25) is 17.7 Å². The summed E-state index contributed by atoms with van der Waals surface area (Å²) in [6.07, 6.45) is 5.03. The lowest BCUT2D eigenvalue weighted by atomic mass is 9.91. The van der Waals surface area contributed by atoms with E-state index in [-0.39, 0.29) is 17.9 Å². The molecule has 3 heterocycles. The zero-order valence-corrected chi connectivity index (χ0v) is 18.5. The minimum absolute atomic E-state index is 0.0247. The molecule has 0 N–H and O–H groups in total. The third-order valence-corrected chi connectivity index (χ3v) is 5.66. The van der Waals surface area contributed by atoms with Crippen LogP contribution in [0.3, 0.4) is 0 Å². The second-order valence-corrected chi connectivity index (χ2v) is 8.24. The van der Waals surface area contributed by atoms with Crippen molar-refractivity contribution in [1.29, 1.82) is 0 Å². The highest BCUT2D eigenvalue weighted by molar-refractivity contribution is 6.30. The van der Waals surface area contributed by atoms with Gasteiger partial charge < -0.3 is 9.32 Å². The predicted molar refractivity (Wildman–Crippen MR) is 114 cm³/mol. The highest BCUT2D eigenvalue weighted by Crippen LogP contribution is 2.31. The third kappa shape index (κ3) is 4.99. The molecule has 0 radical (unpaired) electrons. The van der Waals surface area contributed by atoms with E-state index < -0.39 is 0 Å². The van der Waals surface area contributed by atoms with Gasteiger partial charge in [0, 0.05) is 36.5 Å². The first-order chi connectivity index (χ1) is 14.9. The third-order valence-electron chi connectivity index (χ3n) is 5.43. The van der Waals surface area contributed by atoms with Crippen molar-refractivity contribution in [3.8, 4) is 0 Å². The summed E-state index contributed by atoms with van der Waals surface area (Å²) in [5.74, 6) is 1.99. The molecule has 1 fully saturated rings. The molecule has 9 nitrogen and oxygen atoms in total. The maximum atomic E-state index is 12.9. The molecule has 0 spiro atoms. The van der Waals surface area contributed by atoms with Crippen LogP contribution in [-0.4, -0.2) is 53.8 Å². The molecule has 0 bridgehead atoms. The Balaban J connectivity index is 1.44. The minimum atomic E-state index is -0.0247. The van der Waals surface area contributed by atoms with Crippen LogP contribution in [-0.2, 0) is 11.3 Å². The fourth-order valence-corrected chi connectivity index (χ4v) is 4.07. The molecule has 2 atom stereocenters. The number of aromatic nitrogens is 6. The van der Waals surface area contributed by atoms with Gasteiger partial charge in [-0.1, -0.05) is 17.7 Å². The van der Waals surface area contributed by atoms with Crippen molar-refractivity contribution in [3.05, 3.63) is 58.0 Å². The number of hydrogen-bond acceptors (Lipinski definition) is 7. The van der Waals surface area contributed by atoms with Crippen LogP contribution in [0.1, 0.15) is 54.4 Å². The normalized spacial score (nSPS) is 19.3. The smallest absolute Gasteiger partial charge is 0.246 e. The van der Waals surface area contributed by atoms with E-state index in [0.29, 0.717) is 35.7 Å². The van der Waals surface area contributed by atoms with Crippen molar-refractivity contribution in [2.45, 2.75) is 52.1 Å². The second kappa shape index (κ2) is 8.97. The van der Waals surface area contributed by atoms with Gasteiger partial charge in [0.05, 0.1) is 6.54 Å². The summed E-state index contributed by atoms with van der Waals surface area (Å²) in [6.45, 7) is 6.68. The maximum Gasteiger partial charge on any atom is 0.246 e. The van der Waals surface area contributed by atoms with Crippen molar-refractivity contribution in [3.63, 3.8) is 0 Å². The van der Waals surface area contributed by atoms with Gasteiger partial charge in [-0.25, -0.2) is 0 Å². The van der Waals surface area contributed by atoms with E-state index in [1.165, 1.54) is 4.80 Å². The molecule has 2 unspecified atom stereocenters. The number of aryl methyl sites for hydroxylation is 2. The van der Waals surface area contributed by atoms with Crippen LogP contribution >= 0.6 is 11.6 Å². The molecule has 3 aromatic rings. The zero-order valence-electron chi connectivity index (χ0n) is 17.7. The van der Waals surface area contributed by atoms with E-state index in [9.17, 15) is 4.79 Å². The Morgan fingerprint density at radius 1 is 1.29 bits per heavy atom. The van der Waals surface area contributed by atoms with Gasteiger partial charge in [0.15, 0.2) is 5.82 Å². The van der Waals surface area contributed by atoms with Crippen molar-refractivity contribution >= 4 is 23.6 Å². The van der Waals surface area contributed by atoms with Crippen molar-refractivity contribution in [1.82, 2.24) is 35.3 Å². The van der Waals surface area contributed by atoms with Crippen LogP contribution in [0.15, 0.2) is 28.7 Å². The summed E-state index contributed by atoms with van der Waals surface area (Å²) in [5, 5.41) is 20.8. The number of halogens is 1. The Kier molecular flexibility index (Phi) is 6.13. The SMILES string of the molecule is Cc1nnn(Cc2cc(Cl)ccc2/C=C/C(=O)N2CCC(c3nnc(C)o3)CC2C)n1. The fourth-order valence-electron chi connectivity index (χ4n) is 3.87. The average molecular weight is 442 g/mol. The van der Waals surface area contributed by atoms with E-state index >= 15 is 0 Å². The van der Waals surface area contributed by atoms with Crippen molar-refractivity contribution < 1.29 is 9.21 Å². The molecule has 1 aliphatic rings. The van der Waals surface area contributed by atoms with Crippen LogP contribution < -0.4 is 0 Å². The van der Waals surface area contributed by atoms with Gasteiger partial charge in [0.1, 0.15) is 0 Å². The topological polar surface area (TPSA) is 103 Å². The number of rotatable bonds is 5. The van der Waals surface area contributed by atoms with E-state index in [0.717, 1.165) is 24.0 Å². The lowest BCUT2D eigenvalue weighted by molar-refractivity contribution is -0.129. The average Bonchev–Trinajstić information content (AvgIpc) is 3.35. The first-order valence-electron chi connectivity index (χ1n) is 10.2. The first-order valence-corrected chi connectivity index (χ1v) is 10.6. The molecular weight excluding hydrogens is 418 g/mol. The van der Waals surface area contributed by atoms with E-state index in [1.54, 1.807) is 26.0 Å². The molecule has 4 rings (SSSR count). The number of likely N-dealkylation sites (tertiary alicyclic amines) is 1. The van der Waals surface area contributed by atoms with E-state index in [2.05, 4.69) is 25.6 Å². The summed E-state index contributed by atoms with van der Waals surface area (Å²) in [7, 11) is 0. The lowest BCUT2D eigenvalue weighted by Gasteiger charge is -2.35. The second-order valence-electron chi connectivity index (χ2n) is 7.80. The maximum absolute atomic E-state index is 12.9. The highest BCUT2D eigenvalue weighted by Gasteiger charge is 2.31. The van der Waals surface area contributed by atoms with Crippen LogP contribution in [0.2, 0.25) is 5.02 Å². The Morgan fingerprint density at radius 3 is 2.81 bits per heavy atom. The van der Waals surface area contributed by atoms with Crippen LogP contribution in [0.25, 0.3) is 6.08 Å². The Hall–Kier alpha value is -3.07. The van der Waals surface area contributed by atoms with Crippen LogP contribution in [0.4, 0.5) is 0 Å². The number of piperidine rings is 1. The molecule has 10 heteroatoms. The van der Waals surface area contributed by atoms with Gasteiger partial charge in [0.25, 0.3) is 0 Å². The van der Waals surface area contributed by atoms with Gasteiger partial charge in [-0.2, -0.15) is 4.80 Å². The first kappa shape index (κ1) is 21.2. The summed E-state index contributed by atoms with van der Waals surface area (Å²) >= 11 is 6.18. The molecule has 1 saturated heterocycles. The Bertz CT molecular complexity index is 1110. The summed E-state index contributed by atoms with van der Waals surface area (Å²) in [6, 6.07) is 5.62. The van der Waals surface area contributed by atoms with Gasteiger partial charge >= 0.3 is 0 Å². The van der Waals surface area contributed by atoms with E-state index in [4.69, 9.17) is 16.0 Å². The van der Waals surface area contributed by atoms with Gasteiger partial charge in [-0.3, -0.25) is 4.79 Å². The van der Waals surface area contributed by atoms with E-state index in [1.807, 2.05) is 30.0 Å². The molecule has 1 amide bonds. The molecule has 0 aliphatic carbocycles. The number of nitrogens with zero attached hydrogens (tertiary/aromatic N) is 7. The number of carbonyl (C=O) groups excluding carboxylic acids is 1. The molecule has 31 heavy (non-hydrogen) atoms. The lowest BCUT2D eigenvalue weighted by Crippen LogP contribution is -2.43. The number of carbonyl (C=O) groups is 1. The Morgan fingerprint density at radius 2 is 2.13 bits per heavy atom. The highest BCUT2D eigenvalue weighted by atomic mass is 35.5. The summed E-state index contributed by atoms with van der Waals surface area (Å²) in [5.41, 5.74) is 1.80. The molecule has 0 saturated carbocycles. The number of benzene rings is 1. The molecule has 2 aromatic heterocycles. The zero-order chi connectivity index (χ0) is 22.0. The summed E-state index contributed by atoms with van der Waals surface area (Å²) < 4.78 is 5.58. The Labute approximate surface area is 185 Å². The summed E-state index contributed by atoms with van der Waals surface area (Å²) in [4.78, 5) is 16.3. The quantitative estimate of drug-likeness (QED) is 0.560. The van der Waals surface area contributed by atoms with Gasteiger partial charge in [-0.05, 0) is 61.2 Å². The van der Waals surface area contributed by atoms with Crippen molar-refractivity contribution in [2.24, 2.45) is 0 Å². The largest absolute Gasteiger partial charge is 0.425 e. The molecule has 162 valence electrons. The standard InChI is InChI=1S/C21H24ClN7O2/c1-13-10-17(21-25-24-15(3)31-21)8-9-28(13)20(30)7-5-16-4-6-19(22)11-18(16)12-29-26-14(2)23-27-29/h4-7,11,13,17H,8-10,12H2,1-3H3/b7-5+. The predicted octanol–water partition coefficient (Wildman–Crippen LogP) is 3.18. The number of tetrazole rings is 1. The molecule has 1 aliphatic heterocycles. The molecular formula is C21H24ClN7O2.